The Morgan fingerprint density at radius 3 is 2.41 bits per heavy atom. The number of benzene rings is 3. The minimum atomic E-state index is -4.02. The molecule has 44 heavy (non-hydrogen) atoms. The average Bonchev–Trinajstić information content (AvgIpc) is 3.71. The number of aliphatic imine (C=N–C) groups is 1. The van der Waals surface area contributed by atoms with Crippen LogP contribution in [0.5, 0.6) is 5.75 Å². The second-order valence-electron chi connectivity index (χ2n) is 11.4. The molecule has 6 rings (SSSR count). The lowest BCUT2D eigenvalue weighted by atomic mass is 9.98. The van der Waals surface area contributed by atoms with Gasteiger partial charge < -0.3 is 9.26 Å². The van der Waals surface area contributed by atoms with Gasteiger partial charge in [-0.05, 0) is 50.8 Å². The van der Waals surface area contributed by atoms with Crippen LogP contribution in [0.2, 0.25) is 0 Å². The molecule has 1 aromatic heterocycles. The van der Waals surface area contributed by atoms with E-state index in [2.05, 4.69) is 9.88 Å². The van der Waals surface area contributed by atoms with E-state index in [4.69, 9.17) is 14.3 Å². The molecule has 9 nitrogen and oxygen atoms in total. The van der Waals surface area contributed by atoms with Crippen molar-refractivity contribution >= 4 is 27.6 Å². The maximum atomic E-state index is 13.9. The van der Waals surface area contributed by atoms with Gasteiger partial charge in [0.15, 0.2) is 5.82 Å². The molecular formula is C34H36N4O5S. The number of rotatable bonds is 10. The van der Waals surface area contributed by atoms with Gasteiger partial charge in [-0.3, -0.25) is 19.4 Å². The fourth-order valence-electron chi connectivity index (χ4n) is 5.92. The number of hydrogen-bond acceptors (Lipinski definition) is 7. The molecule has 4 aromatic rings. The van der Waals surface area contributed by atoms with Crippen LogP contribution >= 0.6 is 0 Å². The Labute approximate surface area is 258 Å². The minimum absolute atomic E-state index is 0.0369. The summed E-state index contributed by atoms with van der Waals surface area (Å²) in [7, 11) is -4.02. The van der Waals surface area contributed by atoms with E-state index in [1.54, 1.807) is 43.0 Å². The monoisotopic (exact) mass is 612 g/mol. The van der Waals surface area contributed by atoms with E-state index in [1.165, 1.54) is 0 Å². The van der Waals surface area contributed by atoms with Gasteiger partial charge in [0.25, 0.3) is 15.9 Å². The summed E-state index contributed by atoms with van der Waals surface area (Å²) < 4.78 is 41.2. The average molecular weight is 613 g/mol. The molecule has 228 valence electrons. The van der Waals surface area contributed by atoms with Crippen molar-refractivity contribution in [2.24, 2.45) is 4.99 Å². The Morgan fingerprint density at radius 1 is 0.977 bits per heavy atom. The van der Waals surface area contributed by atoms with Crippen LogP contribution in [0.4, 0.5) is 5.82 Å². The van der Waals surface area contributed by atoms with Gasteiger partial charge in [0.1, 0.15) is 22.9 Å². The number of carbonyl (C=O) groups is 1. The van der Waals surface area contributed by atoms with Crippen LogP contribution in [0.25, 0.3) is 11.1 Å². The maximum Gasteiger partial charge on any atom is 0.263 e. The lowest BCUT2D eigenvalue weighted by Crippen LogP contribution is -2.40. The van der Waals surface area contributed by atoms with Crippen LogP contribution in [0.1, 0.15) is 61.5 Å². The molecule has 1 saturated carbocycles. The zero-order valence-electron chi connectivity index (χ0n) is 25.2. The number of anilines is 1. The predicted molar refractivity (Wildman–Crippen MR) is 169 cm³/mol. The number of nitrogens with zero attached hydrogens (tertiary/aromatic N) is 3. The van der Waals surface area contributed by atoms with Crippen molar-refractivity contribution in [1.82, 2.24) is 10.1 Å². The summed E-state index contributed by atoms with van der Waals surface area (Å²) in [6.45, 7) is 6.26. The van der Waals surface area contributed by atoms with Crippen molar-refractivity contribution in [2.75, 3.05) is 11.3 Å². The summed E-state index contributed by atoms with van der Waals surface area (Å²) in [5.41, 5.74) is 2.83. The highest BCUT2D eigenvalue weighted by atomic mass is 32.2. The molecule has 0 bridgehead atoms. The molecule has 1 amide bonds. The van der Waals surface area contributed by atoms with Crippen LogP contribution < -0.4 is 9.46 Å². The molecular weight excluding hydrogens is 576 g/mol. The summed E-state index contributed by atoms with van der Waals surface area (Å²) >= 11 is 0. The zero-order chi connectivity index (χ0) is 30.9. The van der Waals surface area contributed by atoms with Crippen molar-refractivity contribution in [3.05, 3.63) is 95.2 Å². The Bertz CT molecular complexity index is 1830. The zero-order valence-corrected chi connectivity index (χ0v) is 26.0. The topological polar surface area (TPSA) is 114 Å². The standard InChI is InChI=1S/C34H36N4O5S/c1-4-20-42-29-21-25(22-38-32(26-12-6-5-7-13-26)35-34(33(38)39)18-10-11-19-34)16-17-27(29)28-14-8-9-15-30(28)44(40,41)37-31-23(2)24(3)43-36-31/h5-9,12-17,21H,4,10-11,18-20,22H2,1-3H3,(H,36,37). The Hall–Kier alpha value is -4.44. The molecule has 10 heteroatoms. The smallest absolute Gasteiger partial charge is 0.263 e. The van der Waals surface area contributed by atoms with Crippen molar-refractivity contribution < 1.29 is 22.5 Å². The van der Waals surface area contributed by atoms with Crippen LogP contribution in [0.3, 0.4) is 0 Å². The van der Waals surface area contributed by atoms with E-state index in [0.29, 0.717) is 47.2 Å². The van der Waals surface area contributed by atoms with E-state index >= 15 is 0 Å². The van der Waals surface area contributed by atoms with Crippen molar-refractivity contribution in [3.8, 4) is 16.9 Å². The Kier molecular flexibility index (Phi) is 8.02. The van der Waals surface area contributed by atoms with Gasteiger partial charge in [-0.25, -0.2) is 8.42 Å². The van der Waals surface area contributed by atoms with Gasteiger partial charge in [-0.15, -0.1) is 0 Å². The second kappa shape index (κ2) is 11.9. The summed E-state index contributed by atoms with van der Waals surface area (Å²) in [6.07, 6.45) is 4.27. The SMILES string of the molecule is CCCOc1cc(CN2C(=O)C3(CCCC3)N=C2c2ccccc2)ccc1-c1ccccc1S(=O)(=O)Nc1noc(C)c1C. The first-order chi connectivity index (χ1) is 21.2. The number of carbonyl (C=O) groups excluding carboxylic acids is 1. The van der Waals surface area contributed by atoms with E-state index in [1.807, 2.05) is 55.5 Å². The first kappa shape index (κ1) is 29.6. The van der Waals surface area contributed by atoms with Crippen LogP contribution in [0, 0.1) is 13.8 Å². The number of hydrogen-bond donors (Lipinski definition) is 1. The highest BCUT2D eigenvalue weighted by Gasteiger charge is 2.49. The maximum absolute atomic E-state index is 13.9. The molecule has 1 N–H and O–H groups in total. The van der Waals surface area contributed by atoms with E-state index in [0.717, 1.165) is 43.2 Å². The van der Waals surface area contributed by atoms with Crippen LogP contribution in [-0.4, -0.2) is 42.4 Å². The molecule has 1 aliphatic heterocycles. The van der Waals surface area contributed by atoms with Crippen LogP contribution in [0.15, 0.2) is 87.2 Å². The molecule has 1 spiro atoms. The fourth-order valence-corrected chi connectivity index (χ4v) is 7.20. The van der Waals surface area contributed by atoms with Gasteiger partial charge in [-0.2, -0.15) is 0 Å². The number of nitrogens with one attached hydrogen (secondary N) is 1. The molecule has 0 saturated heterocycles. The molecule has 1 fully saturated rings. The van der Waals surface area contributed by atoms with Crippen molar-refractivity contribution in [3.63, 3.8) is 0 Å². The quantitative estimate of drug-likeness (QED) is 0.215. The molecule has 0 atom stereocenters. The molecule has 1 aliphatic carbocycles. The number of amidine groups is 1. The minimum Gasteiger partial charge on any atom is -0.493 e. The van der Waals surface area contributed by atoms with Gasteiger partial charge in [0.05, 0.1) is 18.0 Å². The third-order valence-corrected chi connectivity index (χ3v) is 9.78. The summed E-state index contributed by atoms with van der Waals surface area (Å²) in [6, 6.07) is 22.3. The first-order valence-electron chi connectivity index (χ1n) is 15.0. The predicted octanol–water partition coefficient (Wildman–Crippen LogP) is 6.65. The van der Waals surface area contributed by atoms with Crippen LogP contribution in [-0.2, 0) is 21.4 Å². The third-order valence-electron chi connectivity index (χ3n) is 8.38. The fraction of sp³-hybridized carbons (Fsp3) is 0.324. The van der Waals surface area contributed by atoms with Crippen molar-refractivity contribution in [1.29, 1.82) is 0 Å². The third kappa shape index (κ3) is 5.50. The highest BCUT2D eigenvalue weighted by molar-refractivity contribution is 7.92. The first-order valence-corrected chi connectivity index (χ1v) is 16.5. The van der Waals surface area contributed by atoms with E-state index < -0.39 is 15.6 Å². The summed E-state index contributed by atoms with van der Waals surface area (Å²) in [4.78, 5) is 20.8. The molecule has 3 aromatic carbocycles. The van der Waals surface area contributed by atoms with E-state index in [9.17, 15) is 13.2 Å². The summed E-state index contributed by atoms with van der Waals surface area (Å²) in [5.74, 6) is 1.97. The second-order valence-corrected chi connectivity index (χ2v) is 13.1. The normalized spacial score (nSPS) is 16.0. The van der Waals surface area contributed by atoms with Crippen molar-refractivity contribution in [2.45, 2.75) is 69.9 Å². The Balaban J connectivity index is 1.36. The molecule has 0 unspecified atom stereocenters. The molecule has 0 radical (unpaired) electrons. The lowest BCUT2D eigenvalue weighted by molar-refractivity contribution is -0.131. The number of ether oxygens (including phenoxy) is 1. The molecule has 2 aliphatic rings. The summed E-state index contributed by atoms with van der Waals surface area (Å²) in [5, 5.41) is 3.88. The number of aromatic nitrogens is 1. The number of sulfonamides is 1. The largest absolute Gasteiger partial charge is 0.493 e. The van der Waals surface area contributed by atoms with Gasteiger partial charge >= 0.3 is 0 Å². The van der Waals surface area contributed by atoms with Gasteiger partial charge in [0.2, 0.25) is 0 Å². The Morgan fingerprint density at radius 2 is 1.70 bits per heavy atom. The number of aryl methyl sites for hydroxylation is 1. The van der Waals surface area contributed by atoms with Gasteiger partial charge in [0, 0.05) is 22.3 Å². The van der Waals surface area contributed by atoms with E-state index in [-0.39, 0.29) is 16.6 Å². The lowest BCUT2D eigenvalue weighted by Gasteiger charge is -2.23. The molecule has 2 heterocycles. The highest BCUT2D eigenvalue weighted by Crippen LogP contribution is 2.41. The number of amides is 1. The van der Waals surface area contributed by atoms with Gasteiger partial charge in [-0.1, -0.05) is 85.6 Å².